The molecule has 4 atom stereocenters. The lowest BCUT2D eigenvalue weighted by Crippen LogP contribution is -2.68. The molecule has 2 unspecified atom stereocenters. The van der Waals surface area contributed by atoms with Crippen LogP contribution in [0.5, 0.6) is 0 Å². The second-order valence-corrected chi connectivity index (χ2v) is 18.1. The van der Waals surface area contributed by atoms with Crippen LogP contribution in [0.3, 0.4) is 0 Å². The molecule has 0 radical (unpaired) electrons. The number of urea groups is 1. The summed E-state index contributed by atoms with van der Waals surface area (Å²) in [5.41, 5.74) is -1.29. The number of carbonyl (C=O) groups excluding carboxylic acids is 4. The zero-order valence-electron chi connectivity index (χ0n) is 34.2. The number of ether oxygens (including phenoxy) is 2. The zero-order chi connectivity index (χ0) is 38.3. The van der Waals surface area contributed by atoms with Crippen molar-refractivity contribution in [3.8, 4) is 0 Å². The molecule has 4 aliphatic heterocycles. The number of fused-ring (bicyclic) bond motifs is 4. The van der Waals surface area contributed by atoms with Gasteiger partial charge in [-0.25, -0.2) is 14.4 Å². The van der Waals surface area contributed by atoms with Gasteiger partial charge >= 0.3 is 18.2 Å². The van der Waals surface area contributed by atoms with Gasteiger partial charge in [0.2, 0.25) is 5.91 Å². The second kappa shape index (κ2) is 18.0. The highest BCUT2D eigenvalue weighted by molar-refractivity contribution is 5.89. The Morgan fingerprint density at radius 2 is 1.23 bits per heavy atom. The first kappa shape index (κ1) is 42.0. The number of amides is 5. The molecule has 4 rings (SSSR count). The van der Waals surface area contributed by atoms with Crippen molar-refractivity contribution < 1.29 is 33.1 Å². The number of quaternary nitrogens is 1. The quantitative estimate of drug-likeness (QED) is 0.139. The molecule has 0 spiro atoms. The van der Waals surface area contributed by atoms with E-state index in [1.807, 2.05) is 46.4 Å². The molecule has 4 heterocycles. The van der Waals surface area contributed by atoms with Crippen LogP contribution in [0.25, 0.3) is 0 Å². The van der Waals surface area contributed by atoms with Crippen molar-refractivity contribution in [2.75, 3.05) is 52.4 Å². The Labute approximate surface area is 314 Å². The van der Waals surface area contributed by atoms with Crippen molar-refractivity contribution >= 4 is 24.1 Å². The van der Waals surface area contributed by atoms with Crippen molar-refractivity contribution in [1.82, 2.24) is 24.9 Å². The molecule has 0 saturated carbocycles. The van der Waals surface area contributed by atoms with Crippen LogP contribution < -0.4 is 5.32 Å². The number of nitrogens with one attached hydrogen (secondary N) is 1. The van der Waals surface area contributed by atoms with Crippen molar-refractivity contribution in [2.45, 2.75) is 181 Å². The Morgan fingerprint density at radius 1 is 0.712 bits per heavy atom. The van der Waals surface area contributed by atoms with Gasteiger partial charge in [-0.15, -0.1) is 0 Å². The molecule has 52 heavy (non-hydrogen) atoms. The lowest BCUT2D eigenvalue weighted by Gasteiger charge is -2.51. The number of rotatable bonds is 16. The predicted octanol–water partition coefficient (Wildman–Crippen LogP) is 6.76. The number of hydrogen-bond donors (Lipinski definition) is 1. The molecule has 4 aliphatic rings. The first-order valence-electron chi connectivity index (χ1n) is 20.7. The number of unbranched alkanes of at least 4 members (excludes halogenated alkanes) is 4. The van der Waals surface area contributed by atoms with Gasteiger partial charge in [-0.05, 0) is 99.3 Å². The Hall–Kier alpha value is -2.76. The third-order valence-corrected chi connectivity index (χ3v) is 11.4. The van der Waals surface area contributed by atoms with E-state index in [1.165, 1.54) is 69.2 Å². The summed E-state index contributed by atoms with van der Waals surface area (Å²) in [6.45, 7) is 24.9. The summed E-state index contributed by atoms with van der Waals surface area (Å²) in [4.78, 5) is 61.3. The van der Waals surface area contributed by atoms with Gasteiger partial charge in [0.15, 0.2) is 0 Å². The number of likely N-dealkylation sites (tertiary alicyclic amines) is 1. The highest BCUT2D eigenvalue weighted by atomic mass is 16.6. The number of piperidine rings is 2. The molecule has 0 aromatic rings. The number of piperazine rings is 1. The van der Waals surface area contributed by atoms with Crippen molar-refractivity contribution in [3.05, 3.63) is 0 Å². The largest absolute Gasteiger partial charge is 0.444 e. The SMILES string of the molecule is CCCC[N+](CCCC)(CCCC)CCCCN1C(=O)N2C[C@H]1CC[C@H]2C(=O)NC1CC2CN(C(=O)OC(C)(C)C)CC(C1)N2C(=O)OC(C)(C)C. The van der Waals surface area contributed by atoms with Gasteiger partial charge in [-0.3, -0.25) is 9.69 Å². The summed E-state index contributed by atoms with van der Waals surface area (Å²) in [5, 5.41) is 3.28. The molecular formula is C40H73N6O6+. The fourth-order valence-corrected chi connectivity index (χ4v) is 8.86. The minimum Gasteiger partial charge on any atom is -0.444 e. The Morgan fingerprint density at radius 3 is 1.75 bits per heavy atom. The zero-order valence-corrected chi connectivity index (χ0v) is 34.2. The van der Waals surface area contributed by atoms with Crippen LogP contribution in [0.4, 0.5) is 14.4 Å². The minimum absolute atomic E-state index is 0.00373. The van der Waals surface area contributed by atoms with Crippen LogP contribution >= 0.6 is 0 Å². The average molecular weight is 734 g/mol. The van der Waals surface area contributed by atoms with E-state index < -0.39 is 29.4 Å². The maximum atomic E-state index is 13.9. The maximum absolute atomic E-state index is 13.9. The number of carbonyl (C=O) groups is 4. The number of nitrogens with zero attached hydrogens (tertiary/aromatic N) is 5. The summed E-state index contributed by atoms with van der Waals surface area (Å²) < 4.78 is 12.7. The van der Waals surface area contributed by atoms with Crippen LogP contribution in [0.1, 0.15) is 139 Å². The molecule has 4 fully saturated rings. The summed E-state index contributed by atoms with van der Waals surface area (Å²) in [6, 6.07) is -1.16. The van der Waals surface area contributed by atoms with Crippen LogP contribution in [0.15, 0.2) is 0 Å². The molecule has 5 amide bonds. The Kier molecular flexibility index (Phi) is 14.6. The van der Waals surface area contributed by atoms with Gasteiger partial charge in [0.05, 0.1) is 44.3 Å². The molecule has 1 N–H and O–H groups in total. The van der Waals surface area contributed by atoms with Crippen molar-refractivity contribution in [1.29, 1.82) is 0 Å². The molecule has 0 aliphatic carbocycles. The van der Waals surface area contributed by atoms with E-state index in [2.05, 4.69) is 26.1 Å². The van der Waals surface area contributed by atoms with Gasteiger partial charge < -0.3 is 34.0 Å². The number of hydrogen-bond acceptors (Lipinski definition) is 6. The fourth-order valence-electron chi connectivity index (χ4n) is 8.86. The lowest BCUT2D eigenvalue weighted by molar-refractivity contribution is -0.929. The van der Waals surface area contributed by atoms with E-state index in [9.17, 15) is 19.2 Å². The third-order valence-electron chi connectivity index (χ3n) is 11.4. The Bertz CT molecular complexity index is 1180. The van der Waals surface area contributed by atoms with E-state index in [-0.39, 0.29) is 36.1 Å². The summed E-state index contributed by atoms with van der Waals surface area (Å²) in [6.07, 6.45) is 11.3. The van der Waals surface area contributed by atoms with E-state index >= 15 is 0 Å². The van der Waals surface area contributed by atoms with Gasteiger partial charge in [-0.1, -0.05) is 40.0 Å². The first-order chi connectivity index (χ1) is 24.5. The summed E-state index contributed by atoms with van der Waals surface area (Å²) in [5.74, 6) is -0.115. The molecule has 298 valence electrons. The van der Waals surface area contributed by atoms with Crippen LogP contribution in [-0.4, -0.2) is 142 Å². The average Bonchev–Trinajstić information content (AvgIpc) is 3.28. The van der Waals surface area contributed by atoms with Crippen molar-refractivity contribution in [3.63, 3.8) is 0 Å². The molecule has 12 nitrogen and oxygen atoms in total. The second-order valence-electron chi connectivity index (χ2n) is 18.1. The van der Waals surface area contributed by atoms with Gasteiger partial charge in [0.25, 0.3) is 0 Å². The molecule has 4 saturated heterocycles. The highest BCUT2D eigenvalue weighted by Gasteiger charge is 2.50. The van der Waals surface area contributed by atoms with E-state index in [1.54, 1.807) is 14.7 Å². The van der Waals surface area contributed by atoms with E-state index in [4.69, 9.17) is 9.47 Å². The van der Waals surface area contributed by atoms with Gasteiger partial charge in [0, 0.05) is 32.2 Å². The fraction of sp³-hybridized carbons (Fsp3) is 0.900. The molecule has 0 aromatic carbocycles. The topological polar surface area (TPSA) is 112 Å². The maximum Gasteiger partial charge on any atom is 0.410 e. The third kappa shape index (κ3) is 11.1. The van der Waals surface area contributed by atoms with E-state index in [0.717, 1.165) is 25.8 Å². The monoisotopic (exact) mass is 734 g/mol. The van der Waals surface area contributed by atoms with Crippen LogP contribution in [0, 0.1) is 0 Å². The minimum atomic E-state index is -0.655. The summed E-state index contributed by atoms with van der Waals surface area (Å²) in [7, 11) is 0. The van der Waals surface area contributed by atoms with Crippen LogP contribution in [-0.2, 0) is 14.3 Å². The molecular weight excluding hydrogens is 660 g/mol. The normalized spacial score (nSPS) is 25.0. The Balaban J connectivity index is 1.34. The molecule has 0 aromatic heterocycles. The van der Waals surface area contributed by atoms with Crippen LogP contribution in [0.2, 0.25) is 0 Å². The smallest absolute Gasteiger partial charge is 0.410 e. The van der Waals surface area contributed by atoms with Gasteiger partial charge in [-0.2, -0.15) is 0 Å². The predicted molar refractivity (Wildman–Crippen MR) is 204 cm³/mol. The highest BCUT2D eigenvalue weighted by Crippen LogP contribution is 2.34. The van der Waals surface area contributed by atoms with Gasteiger partial charge in [0.1, 0.15) is 17.2 Å². The first-order valence-corrected chi connectivity index (χ1v) is 20.7. The lowest BCUT2D eigenvalue weighted by atomic mass is 9.87. The standard InChI is InChI=1S/C40H72N6O6/c1-10-13-21-46(22-14-11-2,23-15-12-3)24-17-16-20-43-31-18-19-34(44(29-31)36(43)48)35(47)41-30-25-32-27-42(37(49)51-39(4,5)6)28-33(26-30)45(32)38(50)52-40(7,8)9/h30-34H,10-29H2,1-9H3/p+1/t30?,31-,32?,33?,34+/m1/s1. The molecule has 12 heteroatoms. The van der Waals surface area contributed by atoms with Crippen molar-refractivity contribution in [2.24, 2.45) is 0 Å². The summed E-state index contributed by atoms with van der Waals surface area (Å²) >= 11 is 0. The van der Waals surface area contributed by atoms with E-state index in [0.29, 0.717) is 38.9 Å². The molecule has 4 bridgehead atoms.